The highest BCUT2D eigenvalue weighted by atomic mass is 16.6. The van der Waals surface area contributed by atoms with Crippen LogP contribution in [0.4, 0.5) is 0 Å². The third-order valence-electron chi connectivity index (χ3n) is 4.94. The summed E-state index contributed by atoms with van der Waals surface area (Å²) in [7, 11) is 0. The van der Waals surface area contributed by atoms with Crippen LogP contribution >= 0.6 is 0 Å². The minimum atomic E-state index is -0.732. The Balaban J connectivity index is 2.34. The Morgan fingerprint density at radius 2 is 1.93 bits per heavy atom. The van der Waals surface area contributed by atoms with E-state index in [1.165, 1.54) is 13.0 Å². The topological polar surface area (TPSA) is 99.1 Å². The minimum absolute atomic E-state index is 0.193. The van der Waals surface area contributed by atoms with E-state index in [0.717, 1.165) is 11.1 Å². The van der Waals surface area contributed by atoms with E-state index in [1.54, 1.807) is 19.1 Å². The van der Waals surface area contributed by atoms with Crippen LogP contribution in [0.15, 0.2) is 47.1 Å². The van der Waals surface area contributed by atoms with Crippen molar-refractivity contribution in [2.45, 2.75) is 58.8 Å². The van der Waals surface area contributed by atoms with E-state index in [4.69, 9.17) is 14.2 Å². The van der Waals surface area contributed by atoms with E-state index in [9.17, 15) is 19.5 Å². The van der Waals surface area contributed by atoms with Crippen molar-refractivity contribution in [3.05, 3.63) is 47.1 Å². The highest BCUT2D eigenvalue weighted by Crippen LogP contribution is 2.36. The van der Waals surface area contributed by atoms with Crippen LogP contribution < -0.4 is 0 Å². The van der Waals surface area contributed by atoms with Crippen LogP contribution in [0.1, 0.15) is 40.5 Å². The Hall–Kier alpha value is -2.67. The molecule has 1 fully saturated rings. The maximum Gasteiger partial charge on any atom is 0.337 e. The Bertz CT molecular complexity index is 787. The molecule has 0 aromatic heterocycles. The van der Waals surface area contributed by atoms with Crippen LogP contribution in [0.2, 0.25) is 0 Å². The monoisotopic (exact) mass is 404 g/mol. The predicted octanol–water partition coefficient (Wildman–Crippen LogP) is 2.55. The number of ether oxygens (including phenoxy) is 3. The summed E-state index contributed by atoms with van der Waals surface area (Å²) in [6.45, 7) is 10.2. The van der Waals surface area contributed by atoms with E-state index < -0.39 is 42.1 Å². The molecule has 2 aliphatic rings. The Morgan fingerprint density at radius 1 is 1.28 bits per heavy atom. The first-order chi connectivity index (χ1) is 13.6. The molecular formula is C22H28O7. The Kier molecular flexibility index (Phi) is 7.56. The SMILES string of the molecule is C=C1C(=O)OC2/C=C(\C)CC(O)/C=C(\C)CC(OC(=O)C(=CC)COC(C)=O)C12. The molecule has 2 rings (SSSR count). The first-order valence-corrected chi connectivity index (χ1v) is 9.54. The van der Waals surface area contributed by atoms with Crippen LogP contribution in [-0.4, -0.2) is 47.9 Å². The zero-order valence-corrected chi connectivity index (χ0v) is 17.3. The zero-order valence-electron chi connectivity index (χ0n) is 17.3. The lowest BCUT2D eigenvalue weighted by Gasteiger charge is -2.28. The molecule has 0 saturated carbocycles. The molecule has 0 amide bonds. The molecule has 158 valence electrons. The first-order valence-electron chi connectivity index (χ1n) is 9.54. The molecule has 4 unspecified atom stereocenters. The van der Waals surface area contributed by atoms with Gasteiger partial charge in [-0.3, -0.25) is 4.79 Å². The molecule has 0 radical (unpaired) electrons. The molecule has 0 bridgehead atoms. The average molecular weight is 404 g/mol. The third kappa shape index (κ3) is 5.90. The molecule has 1 N–H and O–H groups in total. The molecule has 0 aromatic rings. The number of rotatable bonds is 4. The van der Waals surface area contributed by atoms with Crippen molar-refractivity contribution < 1.29 is 33.7 Å². The molecule has 7 heteroatoms. The highest BCUT2D eigenvalue weighted by molar-refractivity contribution is 5.92. The summed E-state index contributed by atoms with van der Waals surface area (Å²) < 4.78 is 16.1. The smallest absolute Gasteiger partial charge is 0.337 e. The molecule has 1 aliphatic carbocycles. The predicted molar refractivity (Wildman–Crippen MR) is 106 cm³/mol. The number of carbonyl (C=O) groups excluding carboxylic acids is 3. The van der Waals surface area contributed by atoms with E-state index in [2.05, 4.69) is 6.58 Å². The van der Waals surface area contributed by atoms with Gasteiger partial charge in [-0.05, 0) is 33.3 Å². The van der Waals surface area contributed by atoms with Gasteiger partial charge in [0, 0.05) is 18.9 Å². The molecule has 1 saturated heterocycles. The molecule has 0 spiro atoms. The van der Waals surface area contributed by atoms with Crippen molar-refractivity contribution in [3.8, 4) is 0 Å². The number of esters is 3. The van der Waals surface area contributed by atoms with Crippen molar-refractivity contribution in [1.29, 1.82) is 0 Å². The van der Waals surface area contributed by atoms with Crippen LogP contribution in [0, 0.1) is 5.92 Å². The first kappa shape index (κ1) is 22.6. The molecule has 1 aliphatic heterocycles. The maximum atomic E-state index is 12.7. The largest absolute Gasteiger partial charge is 0.461 e. The van der Waals surface area contributed by atoms with Crippen molar-refractivity contribution in [2.75, 3.05) is 6.61 Å². The lowest BCUT2D eigenvalue weighted by Crippen LogP contribution is -2.34. The second-order valence-electron chi connectivity index (χ2n) is 7.46. The van der Waals surface area contributed by atoms with Gasteiger partial charge in [0.15, 0.2) is 0 Å². The van der Waals surface area contributed by atoms with Gasteiger partial charge in [0.05, 0.1) is 17.6 Å². The number of carbonyl (C=O) groups is 3. The number of allylic oxidation sites excluding steroid dienone is 1. The van der Waals surface area contributed by atoms with Gasteiger partial charge in [-0.2, -0.15) is 0 Å². The quantitative estimate of drug-likeness (QED) is 0.333. The second kappa shape index (κ2) is 9.69. The van der Waals surface area contributed by atoms with E-state index >= 15 is 0 Å². The molecule has 4 atom stereocenters. The lowest BCUT2D eigenvalue weighted by molar-refractivity contribution is -0.148. The number of aliphatic hydroxyl groups is 1. The zero-order chi connectivity index (χ0) is 21.7. The Morgan fingerprint density at radius 3 is 2.55 bits per heavy atom. The molecular weight excluding hydrogens is 376 g/mol. The van der Waals surface area contributed by atoms with E-state index in [-0.39, 0.29) is 17.8 Å². The fourth-order valence-electron chi connectivity index (χ4n) is 3.53. The lowest BCUT2D eigenvalue weighted by atomic mass is 9.85. The van der Waals surface area contributed by atoms with Gasteiger partial charge in [0.1, 0.15) is 18.8 Å². The van der Waals surface area contributed by atoms with Crippen molar-refractivity contribution in [3.63, 3.8) is 0 Å². The van der Waals surface area contributed by atoms with Crippen LogP contribution in [0.5, 0.6) is 0 Å². The highest BCUT2D eigenvalue weighted by Gasteiger charge is 2.44. The van der Waals surface area contributed by atoms with Gasteiger partial charge < -0.3 is 19.3 Å². The third-order valence-corrected chi connectivity index (χ3v) is 4.94. The van der Waals surface area contributed by atoms with E-state index in [0.29, 0.717) is 12.8 Å². The van der Waals surface area contributed by atoms with Gasteiger partial charge >= 0.3 is 17.9 Å². The fraction of sp³-hybridized carbons (Fsp3) is 0.500. The summed E-state index contributed by atoms with van der Waals surface area (Å²) in [6.07, 6.45) is 3.68. The summed E-state index contributed by atoms with van der Waals surface area (Å²) >= 11 is 0. The van der Waals surface area contributed by atoms with Crippen molar-refractivity contribution in [1.82, 2.24) is 0 Å². The summed E-state index contributed by atoms with van der Waals surface area (Å²) in [5.74, 6) is -2.23. The summed E-state index contributed by atoms with van der Waals surface area (Å²) in [5, 5.41) is 10.2. The maximum absolute atomic E-state index is 12.7. The standard InChI is InChI=1S/C22H28O7/c1-6-16(11-27-15(5)23)22(26)29-19-10-13(3)8-17(24)7-12(2)9-18-20(19)14(4)21(25)28-18/h6,8-9,17-20,24H,4,7,10-11H2,1-3,5H3/b12-9+,13-8+,16-6?. The number of hydrogen-bond acceptors (Lipinski definition) is 7. The van der Waals surface area contributed by atoms with Gasteiger partial charge in [0.25, 0.3) is 0 Å². The molecule has 7 nitrogen and oxygen atoms in total. The number of aliphatic hydroxyl groups excluding tert-OH is 1. The normalized spacial score (nSPS) is 31.6. The second-order valence-corrected chi connectivity index (χ2v) is 7.46. The molecule has 29 heavy (non-hydrogen) atoms. The Labute approximate surface area is 170 Å². The minimum Gasteiger partial charge on any atom is -0.461 e. The van der Waals surface area contributed by atoms with Gasteiger partial charge in [0.2, 0.25) is 0 Å². The van der Waals surface area contributed by atoms with Crippen molar-refractivity contribution >= 4 is 17.9 Å². The number of hydrogen-bond donors (Lipinski definition) is 1. The van der Waals surface area contributed by atoms with Crippen LogP contribution in [0.3, 0.4) is 0 Å². The fourth-order valence-corrected chi connectivity index (χ4v) is 3.53. The van der Waals surface area contributed by atoms with Gasteiger partial charge in [-0.15, -0.1) is 0 Å². The van der Waals surface area contributed by atoms with Crippen LogP contribution in [-0.2, 0) is 28.6 Å². The molecule has 1 heterocycles. The summed E-state index contributed by atoms with van der Waals surface area (Å²) in [4.78, 5) is 35.9. The van der Waals surface area contributed by atoms with Crippen LogP contribution in [0.25, 0.3) is 0 Å². The number of fused-ring (bicyclic) bond motifs is 1. The van der Waals surface area contributed by atoms with Gasteiger partial charge in [-0.1, -0.05) is 29.9 Å². The van der Waals surface area contributed by atoms with Gasteiger partial charge in [-0.25, -0.2) is 9.59 Å². The summed E-state index contributed by atoms with van der Waals surface area (Å²) in [6, 6.07) is 0. The molecule has 0 aromatic carbocycles. The summed E-state index contributed by atoms with van der Waals surface area (Å²) in [5.41, 5.74) is 2.11. The van der Waals surface area contributed by atoms with E-state index in [1.807, 2.05) is 13.8 Å². The van der Waals surface area contributed by atoms with Crippen molar-refractivity contribution in [2.24, 2.45) is 5.92 Å². The average Bonchev–Trinajstić information content (AvgIpc) is 2.87.